The molecule has 0 aromatic rings. The zero-order valence-electron chi connectivity index (χ0n) is 13.0. The van der Waals surface area contributed by atoms with Gasteiger partial charge in [-0.2, -0.15) is 0 Å². The molecule has 2 fully saturated rings. The lowest BCUT2D eigenvalue weighted by atomic mass is 9.84. The molecule has 3 atom stereocenters. The van der Waals surface area contributed by atoms with Crippen molar-refractivity contribution in [2.45, 2.75) is 19.9 Å². The molecule has 2 rings (SSSR count). The van der Waals surface area contributed by atoms with Crippen LogP contribution in [0.2, 0.25) is 0 Å². The summed E-state index contributed by atoms with van der Waals surface area (Å²) < 4.78 is 5.10. The molecular weight excluding hydrogens is 272 g/mol. The fourth-order valence-corrected chi connectivity index (χ4v) is 2.92. The number of hydrogen-bond donors (Lipinski definition) is 3. The lowest BCUT2D eigenvalue weighted by molar-refractivity contribution is -0.130. The molecule has 0 aliphatic carbocycles. The number of fused-ring (bicyclic) bond motifs is 1. The minimum absolute atomic E-state index is 0.0183. The molecule has 0 saturated carbocycles. The number of nitrogens with one attached hydrogen (secondary N) is 3. The third-order valence-electron chi connectivity index (χ3n) is 4.11. The number of methoxy groups -OCH3 is 1. The van der Waals surface area contributed by atoms with Crippen LogP contribution in [0.5, 0.6) is 0 Å². The quantitative estimate of drug-likeness (QED) is 0.583. The van der Waals surface area contributed by atoms with E-state index in [1.54, 1.807) is 7.11 Å². The molecule has 3 N–H and O–H groups in total. The molecular formula is C14H26N4O3. The second kappa shape index (κ2) is 7.20. The van der Waals surface area contributed by atoms with Gasteiger partial charge in [0, 0.05) is 33.3 Å². The minimum atomic E-state index is -0.224. The first-order valence-corrected chi connectivity index (χ1v) is 7.57. The molecule has 7 nitrogen and oxygen atoms in total. The first-order chi connectivity index (χ1) is 10.0. The van der Waals surface area contributed by atoms with E-state index in [1.165, 1.54) is 0 Å². The number of piperidine rings is 1. The summed E-state index contributed by atoms with van der Waals surface area (Å²) in [4.78, 5) is 26.5. The van der Waals surface area contributed by atoms with Crippen molar-refractivity contribution in [3.63, 3.8) is 0 Å². The summed E-state index contributed by atoms with van der Waals surface area (Å²) in [6.07, 6.45) is 0. The van der Waals surface area contributed by atoms with Crippen LogP contribution in [-0.2, 0) is 14.3 Å². The molecule has 0 aromatic heterocycles. The van der Waals surface area contributed by atoms with Gasteiger partial charge in [0.2, 0.25) is 11.8 Å². The Balaban J connectivity index is 2.02. The van der Waals surface area contributed by atoms with E-state index < -0.39 is 0 Å². The second-order valence-electron chi connectivity index (χ2n) is 6.26. The zero-order valence-corrected chi connectivity index (χ0v) is 13.0. The highest BCUT2D eigenvalue weighted by Crippen LogP contribution is 2.25. The number of amides is 2. The van der Waals surface area contributed by atoms with E-state index in [0.29, 0.717) is 32.2 Å². The van der Waals surface area contributed by atoms with Crippen molar-refractivity contribution < 1.29 is 14.3 Å². The van der Waals surface area contributed by atoms with Crippen LogP contribution in [0, 0.1) is 17.8 Å². The number of ether oxygens (including phenoxy) is 1. The Kier molecular flexibility index (Phi) is 5.55. The molecule has 0 bridgehead atoms. The summed E-state index contributed by atoms with van der Waals surface area (Å²) in [6, 6.07) is -0.122. The average molecular weight is 298 g/mol. The largest absolute Gasteiger partial charge is 0.383 e. The Morgan fingerprint density at radius 3 is 2.90 bits per heavy atom. The van der Waals surface area contributed by atoms with Gasteiger partial charge in [-0.1, -0.05) is 13.8 Å². The fourth-order valence-electron chi connectivity index (χ4n) is 2.92. The standard InChI is InChI=1S/C14H26N4O3/c1-9(2)6-15-13(19)10-7-18(4-5-21-3)8-11-12(10)16-17-14(11)20/h9-12,16H,4-8H2,1-3H3,(H,15,19)(H,17,20). The molecule has 2 amide bonds. The zero-order chi connectivity index (χ0) is 15.4. The van der Waals surface area contributed by atoms with Crippen molar-refractivity contribution in [2.24, 2.45) is 17.8 Å². The van der Waals surface area contributed by atoms with Gasteiger partial charge < -0.3 is 10.1 Å². The summed E-state index contributed by atoms with van der Waals surface area (Å²) in [5, 5.41) is 2.98. The van der Waals surface area contributed by atoms with E-state index in [-0.39, 0.29) is 29.7 Å². The van der Waals surface area contributed by atoms with Crippen LogP contribution >= 0.6 is 0 Å². The highest BCUT2D eigenvalue weighted by atomic mass is 16.5. The molecule has 2 heterocycles. The van der Waals surface area contributed by atoms with Gasteiger partial charge in [-0.25, -0.2) is 5.43 Å². The van der Waals surface area contributed by atoms with E-state index in [0.717, 1.165) is 6.54 Å². The van der Waals surface area contributed by atoms with Crippen molar-refractivity contribution in [3.8, 4) is 0 Å². The van der Waals surface area contributed by atoms with Crippen LogP contribution in [0.15, 0.2) is 0 Å². The van der Waals surface area contributed by atoms with Gasteiger partial charge >= 0.3 is 0 Å². The number of hydrogen-bond acceptors (Lipinski definition) is 5. The SMILES string of the molecule is COCCN1CC(C(=O)NCC(C)C)C2NNC(=O)C2C1. The summed E-state index contributed by atoms with van der Waals surface area (Å²) in [5.41, 5.74) is 5.65. The van der Waals surface area contributed by atoms with Crippen LogP contribution in [0.4, 0.5) is 0 Å². The summed E-state index contributed by atoms with van der Waals surface area (Å²) in [5.74, 6) is 0.00605. The maximum absolute atomic E-state index is 12.4. The first-order valence-electron chi connectivity index (χ1n) is 7.57. The monoisotopic (exact) mass is 298 g/mol. The van der Waals surface area contributed by atoms with E-state index in [1.807, 2.05) is 0 Å². The van der Waals surface area contributed by atoms with E-state index in [4.69, 9.17) is 4.74 Å². The van der Waals surface area contributed by atoms with E-state index in [2.05, 4.69) is 34.9 Å². The van der Waals surface area contributed by atoms with Crippen LogP contribution in [0.1, 0.15) is 13.8 Å². The molecule has 0 spiro atoms. The Morgan fingerprint density at radius 2 is 2.24 bits per heavy atom. The Labute approximate surface area is 125 Å². The Hall–Kier alpha value is -1.18. The third-order valence-corrected chi connectivity index (χ3v) is 4.11. The summed E-state index contributed by atoms with van der Waals surface area (Å²) in [6.45, 7) is 7.44. The lowest BCUT2D eigenvalue weighted by Gasteiger charge is -2.38. The molecule has 2 aliphatic heterocycles. The molecule has 3 unspecified atom stereocenters. The highest BCUT2D eigenvalue weighted by molar-refractivity contribution is 5.85. The summed E-state index contributed by atoms with van der Waals surface area (Å²) >= 11 is 0. The van der Waals surface area contributed by atoms with Gasteiger partial charge in [-0.3, -0.25) is 19.9 Å². The molecule has 120 valence electrons. The van der Waals surface area contributed by atoms with Crippen molar-refractivity contribution in [3.05, 3.63) is 0 Å². The highest BCUT2D eigenvalue weighted by Gasteiger charge is 2.47. The van der Waals surface area contributed by atoms with E-state index in [9.17, 15) is 9.59 Å². The van der Waals surface area contributed by atoms with Crippen molar-refractivity contribution in [1.82, 2.24) is 21.1 Å². The van der Waals surface area contributed by atoms with Gasteiger partial charge in [0.05, 0.1) is 24.5 Å². The molecule has 2 aliphatic rings. The number of hydrazine groups is 1. The van der Waals surface area contributed by atoms with Crippen LogP contribution in [-0.4, -0.2) is 62.7 Å². The van der Waals surface area contributed by atoms with Gasteiger partial charge in [-0.15, -0.1) is 0 Å². The first kappa shape index (κ1) is 16.2. The number of nitrogens with zero attached hydrogens (tertiary/aromatic N) is 1. The van der Waals surface area contributed by atoms with Crippen molar-refractivity contribution >= 4 is 11.8 Å². The van der Waals surface area contributed by atoms with Crippen LogP contribution in [0.3, 0.4) is 0 Å². The van der Waals surface area contributed by atoms with Crippen LogP contribution < -0.4 is 16.2 Å². The van der Waals surface area contributed by atoms with Gasteiger partial charge in [-0.05, 0) is 5.92 Å². The third kappa shape index (κ3) is 3.93. The number of carbonyl (C=O) groups is 2. The van der Waals surface area contributed by atoms with Crippen molar-refractivity contribution in [2.75, 3.05) is 39.9 Å². The molecule has 0 aromatic carbocycles. The Bertz CT molecular complexity index is 388. The predicted octanol–water partition coefficient (Wildman–Crippen LogP) is -1.04. The minimum Gasteiger partial charge on any atom is -0.383 e. The normalized spacial score (nSPS) is 29.3. The molecule has 21 heavy (non-hydrogen) atoms. The lowest BCUT2D eigenvalue weighted by Crippen LogP contribution is -2.57. The van der Waals surface area contributed by atoms with E-state index >= 15 is 0 Å². The maximum atomic E-state index is 12.4. The predicted molar refractivity (Wildman–Crippen MR) is 78.2 cm³/mol. The number of likely N-dealkylation sites (tertiary alicyclic amines) is 1. The van der Waals surface area contributed by atoms with Gasteiger partial charge in [0.15, 0.2) is 0 Å². The summed E-state index contributed by atoms with van der Waals surface area (Å²) in [7, 11) is 1.66. The van der Waals surface area contributed by atoms with Gasteiger partial charge in [0.1, 0.15) is 0 Å². The van der Waals surface area contributed by atoms with Gasteiger partial charge in [0.25, 0.3) is 0 Å². The second-order valence-corrected chi connectivity index (χ2v) is 6.26. The van der Waals surface area contributed by atoms with Crippen LogP contribution in [0.25, 0.3) is 0 Å². The smallest absolute Gasteiger partial charge is 0.240 e. The number of carbonyl (C=O) groups excluding carboxylic acids is 2. The van der Waals surface area contributed by atoms with Crippen molar-refractivity contribution in [1.29, 1.82) is 0 Å². The molecule has 2 saturated heterocycles. The molecule has 7 heteroatoms. The fraction of sp³-hybridized carbons (Fsp3) is 0.857. The number of rotatable bonds is 6. The maximum Gasteiger partial charge on any atom is 0.240 e. The topological polar surface area (TPSA) is 82.7 Å². The average Bonchev–Trinajstić information content (AvgIpc) is 2.83. The Morgan fingerprint density at radius 1 is 1.48 bits per heavy atom. The molecule has 0 radical (unpaired) electrons.